The Hall–Kier alpha value is -0.860. The summed E-state index contributed by atoms with van der Waals surface area (Å²) in [6, 6.07) is 8.42. The van der Waals surface area contributed by atoms with Crippen molar-refractivity contribution in [3.05, 3.63) is 35.4 Å². The molecule has 0 aromatic heterocycles. The smallest absolute Gasteiger partial charge is 0.0737 e. The van der Waals surface area contributed by atoms with Gasteiger partial charge in [-0.15, -0.1) is 0 Å². The fourth-order valence-corrected chi connectivity index (χ4v) is 2.88. The van der Waals surface area contributed by atoms with E-state index in [1.54, 1.807) is 0 Å². The van der Waals surface area contributed by atoms with Crippen LogP contribution in [0.25, 0.3) is 0 Å². The van der Waals surface area contributed by atoms with E-state index in [1.165, 1.54) is 11.1 Å². The molecule has 94 valence electrons. The first-order valence-corrected chi connectivity index (χ1v) is 6.40. The Labute approximate surface area is 104 Å². The lowest BCUT2D eigenvalue weighted by Gasteiger charge is -2.39. The summed E-state index contributed by atoms with van der Waals surface area (Å²) in [5.74, 6) is 0. The Bertz CT molecular complexity index is 359. The molecule has 1 fully saturated rings. The van der Waals surface area contributed by atoms with Crippen molar-refractivity contribution in [3.8, 4) is 0 Å². The van der Waals surface area contributed by atoms with Gasteiger partial charge >= 0.3 is 0 Å². The van der Waals surface area contributed by atoms with E-state index in [0.29, 0.717) is 0 Å². The predicted molar refractivity (Wildman–Crippen MR) is 69.1 cm³/mol. The van der Waals surface area contributed by atoms with E-state index < -0.39 is 5.60 Å². The number of ether oxygens (including phenoxy) is 1. The molecule has 0 amide bonds. The summed E-state index contributed by atoms with van der Waals surface area (Å²) in [7, 11) is 0. The second-order valence-electron chi connectivity index (χ2n) is 5.55. The maximum atomic E-state index is 10.7. The highest BCUT2D eigenvalue weighted by Gasteiger charge is 2.36. The molecular formula is C15H22O2. The third-order valence-corrected chi connectivity index (χ3v) is 3.45. The molecule has 2 atom stereocenters. The quantitative estimate of drug-likeness (QED) is 0.852. The van der Waals surface area contributed by atoms with Crippen LogP contribution in [0.3, 0.4) is 0 Å². The Kier molecular flexibility index (Phi) is 3.55. The van der Waals surface area contributed by atoms with E-state index in [9.17, 15) is 5.11 Å². The normalized spacial score (nSPS) is 33.6. The standard InChI is InChI=1S/C15H22O2/c1-11-4-6-14(7-5-11)10-15(16)8-12(2)17-13(3)9-15/h4-7,12-13,16H,8-10H2,1-3H3. The zero-order chi connectivity index (χ0) is 12.5. The van der Waals surface area contributed by atoms with Gasteiger partial charge in [0, 0.05) is 19.3 Å². The van der Waals surface area contributed by atoms with Crippen LogP contribution in [0.15, 0.2) is 24.3 Å². The molecule has 1 heterocycles. The lowest BCUT2D eigenvalue weighted by Crippen LogP contribution is -2.44. The molecule has 1 saturated heterocycles. The monoisotopic (exact) mass is 234 g/mol. The first kappa shape index (κ1) is 12.6. The molecule has 0 radical (unpaired) electrons. The van der Waals surface area contributed by atoms with Gasteiger partial charge < -0.3 is 9.84 Å². The van der Waals surface area contributed by atoms with Crippen LogP contribution in [0.4, 0.5) is 0 Å². The minimum Gasteiger partial charge on any atom is -0.389 e. The summed E-state index contributed by atoms with van der Waals surface area (Å²) >= 11 is 0. The minimum absolute atomic E-state index is 0.147. The van der Waals surface area contributed by atoms with Crippen molar-refractivity contribution in [2.24, 2.45) is 0 Å². The van der Waals surface area contributed by atoms with E-state index in [0.717, 1.165) is 19.3 Å². The van der Waals surface area contributed by atoms with Crippen molar-refractivity contribution < 1.29 is 9.84 Å². The Balaban J connectivity index is 2.08. The average molecular weight is 234 g/mol. The van der Waals surface area contributed by atoms with Crippen molar-refractivity contribution >= 4 is 0 Å². The van der Waals surface area contributed by atoms with Gasteiger partial charge in [-0.1, -0.05) is 29.8 Å². The molecule has 1 aliphatic heterocycles. The topological polar surface area (TPSA) is 29.5 Å². The van der Waals surface area contributed by atoms with Gasteiger partial charge in [0.25, 0.3) is 0 Å². The van der Waals surface area contributed by atoms with Crippen LogP contribution in [0, 0.1) is 6.92 Å². The molecule has 0 spiro atoms. The lowest BCUT2D eigenvalue weighted by atomic mass is 9.82. The lowest BCUT2D eigenvalue weighted by molar-refractivity contribution is -0.130. The number of rotatable bonds is 2. The largest absolute Gasteiger partial charge is 0.389 e. The van der Waals surface area contributed by atoms with E-state index in [4.69, 9.17) is 4.74 Å². The van der Waals surface area contributed by atoms with Gasteiger partial charge in [0.2, 0.25) is 0 Å². The molecular weight excluding hydrogens is 212 g/mol. The SMILES string of the molecule is Cc1ccc(CC2(O)CC(C)OC(C)C2)cc1. The molecule has 2 unspecified atom stereocenters. The highest BCUT2D eigenvalue weighted by molar-refractivity contribution is 5.23. The molecule has 0 aliphatic carbocycles. The summed E-state index contributed by atoms with van der Waals surface area (Å²) in [6.07, 6.45) is 2.48. The van der Waals surface area contributed by atoms with Crippen molar-refractivity contribution in [3.63, 3.8) is 0 Å². The van der Waals surface area contributed by atoms with Crippen LogP contribution in [-0.4, -0.2) is 22.9 Å². The fraction of sp³-hybridized carbons (Fsp3) is 0.600. The van der Waals surface area contributed by atoms with Crippen molar-refractivity contribution in [1.29, 1.82) is 0 Å². The second kappa shape index (κ2) is 4.79. The van der Waals surface area contributed by atoms with Crippen LogP contribution >= 0.6 is 0 Å². The van der Waals surface area contributed by atoms with Crippen molar-refractivity contribution in [2.75, 3.05) is 0 Å². The molecule has 2 nitrogen and oxygen atoms in total. The molecule has 2 rings (SSSR count). The van der Waals surface area contributed by atoms with Gasteiger partial charge in [-0.05, 0) is 26.3 Å². The van der Waals surface area contributed by atoms with Gasteiger partial charge in [0.05, 0.1) is 17.8 Å². The van der Waals surface area contributed by atoms with Crippen LogP contribution in [-0.2, 0) is 11.2 Å². The van der Waals surface area contributed by atoms with Crippen LogP contribution in [0.5, 0.6) is 0 Å². The van der Waals surface area contributed by atoms with Gasteiger partial charge in [-0.2, -0.15) is 0 Å². The van der Waals surface area contributed by atoms with E-state index in [2.05, 4.69) is 31.2 Å². The number of benzene rings is 1. The predicted octanol–water partition coefficient (Wildman–Crippen LogP) is 2.86. The highest BCUT2D eigenvalue weighted by Crippen LogP contribution is 2.31. The fourth-order valence-electron chi connectivity index (χ4n) is 2.88. The zero-order valence-corrected chi connectivity index (χ0v) is 10.9. The summed E-state index contributed by atoms with van der Waals surface area (Å²) in [6.45, 7) is 6.16. The van der Waals surface area contributed by atoms with Crippen molar-refractivity contribution in [2.45, 2.75) is 57.8 Å². The van der Waals surface area contributed by atoms with E-state index in [1.807, 2.05) is 13.8 Å². The first-order valence-electron chi connectivity index (χ1n) is 6.40. The van der Waals surface area contributed by atoms with Gasteiger partial charge in [0.1, 0.15) is 0 Å². The summed E-state index contributed by atoms with van der Waals surface area (Å²) in [5, 5.41) is 10.7. The number of aryl methyl sites for hydroxylation is 1. The molecule has 0 saturated carbocycles. The third kappa shape index (κ3) is 3.30. The molecule has 1 aromatic rings. The zero-order valence-electron chi connectivity index (χ0n) is 10.9. The summed E-state index contributed by atoms with van der Waals surface area (Å²) < 4.78 is 5.68. The van der Waals surface area contributed by atoms with E-state index >= 15 is 0 Å². The van der Waals surface area contributed by atoms with Crippen molar-refractivity contribution in [1.82, 2.24) is 0 Å². The van der Waals surface area contributed by atoms with Crippen LogP contribution < -0.4 is 0 Å². The Morgan fingerprint density at radius 1 is 1.18 bits per heavy atom. The van der Waals surface area contributed by atoms with E-state index in [-0.39, 0.29) is 12.2 Å². The molecule has 1 aliphatic rings. The molecule has 0 bridgehead atoms. The molecule has 2 heteroatoms. The molecule has 1 aromatic carbocycles. The van der Waals surface area contributed by atoms with Crippen LogP contribution in [0.2, 0.25) is 0 Å². The minimum atomic E-state index is -0.605. The second-order valence-corrected chi connectivity index (χ2v) is 5.55. The molecule has 17 heavy (non-hydrogen) atoms. The van der Waals surface area contributed by atoms with Crippen LogP contribution in [0.1, 0.15) is 37.8 Å². The molecule has 1 N–H and O–H groups in total. The maximum Gasteiger partial charge on any atom is 0.0737 e. The first-order chi connectivity index (χ1) is 7.97. The number of hydrogen-bond acceptors (Lipinski definition) is 2. The van der Waals surface area contributed by atoms with Gasteiger partial charge in [-0.3, -0.25) is 0 Å². The third-order valence-electron chi connectivity index (χ3n) is 3.45. The van der Waals surface area contributed by atoms with Gasteiger partial charge in [-0.25, -0.2) is 0 Å². The maximum absolute atomic E-state index is 10.7. The van der Waals surface area contributed by atoms with Gasteiger partial charge in [0.15, 0.2) is 0 Å². The highest BCUT2D eigenvalue weighted by atomic mass is 16.5. The Morgan fingerprint density at radius 2 is 1.71 bits per heavy atom. The summed E-state index contributed by atoms with van der Waals surface area (Å²) in [5.41, 5.74) is 1.86. The Morgan fingerprint density at radius 3 is 2.24 bits per heavy atom. The average Bonchev–Trinajstić information content (AvgIpc) is 2.19. The summed E-state index contributed by atoms with van der Waals surface area (Å²) in [4.78, 5) is 0. The number of aliphatic hydroxyl groups is 1. The number of hydrogen-bond donors (Lipinski definition) is 1.